The number of carbonyl (C=O) groups excluding carboxylic acids is 1. The van der Waals surface area contributed by atoms with E-state index in [-0.39, 0.29) is 11.7 Å². The molecule has 0 spiro atoms. The van der Waals surface area contributed by atoms with E-state index in [0.29, 0.717) is 5.56 Å². The highest BCUT2D eigenvalue weighted by Crippen LogP contribution is 2.12. The van der Waals surface area contributed by atoms with E-state index in [1.54, 1.807) is 24.3 Å². The number of rotatable bonds is 6. The number of likely N-dealkylation sites (N-methyl/N-ethyl adjacent to an activating group) is 1. The highest BCUT2D eigenvalue weighted by Gasteiger charge is 2.14. The fourth-order valence-electron chi connectivity index (χ4n) is 1.69. The van der Waals surface area contributed by atoms with Crippen LogP contribution >= 0.6 is 0 Å². The number of phenolic OH excluding ortho intramolecular Hbond substituents is 1. The highest BCUT2D eigenvalue weighted by atomic mass is 16.3. The highest BCUT2D eigenvalue weighted by molar-refractivity contribution is 5.94. The molecule has 0 atom stereocenters. The number of aromatic hydroxyl groups is 1. The SMILES string of the molecule is CCCN(CCN(C)C)C(=O)c1ccc(O)cc1. The molecular weight excluding hydrogens is 228 g/mol. The van der Waals surface area contributed by atoms with Crippen LogP contribution in [0.25, 0.3) is 0 Å². The molecule has 0 aromatic heterocycles. The Hall–Kier alpha value is -1.55. The summed E-state index contributed by atoms with van der Waals surface area (Å²) < 4.78 is 0. The number of phenols is 1. The summed E-state index contributed by atoms with van der Waals surface area (Å²) in [6, 6.07) is 6.42. The quantitative estimate of drug-likeness (QED) is 0.837. The Morgan fingerprint density at radius 3 is 2.22 bits per heavy atom. The van der Waals surface area contributed by atoms with Crippen molar-refractivity contribution in [2.75, 3.05) is 33.7 Å². The van der Waals surface area contributed by atoms with Crippen LogP contribution in [0.15, 0.2) is 24.3 Å². The van der Waals surface area contributed by atoms with Gasteiger partial charge in [-0.1, -0.05) is 6.92 Å². The normalized spacial score (nSPS) is 10.7. The van der Waals surface area contributed by atoms with Gasteiger partial charge in [0.1, 0.15) is 5.75 Å². The van der Waals surface area contributed by atoms with Gasteiger partial charge >= 0.3 is 0 Å². The third-order valence-corrected chi connectivity index (χ3v) is 2.71. The molecule has 1 aromatic carbocycles. The minimum atomic E-state index is 0.0266. The van der Waals surface area contributed by atoms with E-state index in [9.17, 15) is 9.90 Å². The predicted octanol–water partition coefficient (Wildman–Crippen LogP) is 1.81. The summed E-state index contributed by atoms with van der Waals surface area (Å²) in [5.74, 6) is 0.209. The number of carbonyl (C=O) groups is 1. The van der Waals surface area contributed by atoms with Crippen LogP contribution in [-0.4, -0.2) is 54.5 Å². The first kappa shape index (κ1) is 14.5. The van der Waals surface area contributed by atoms with E-state index in [4.69, 9.17) is 0 Å². The molecule has 1 aromatic rings. The summed E-state index contributed by atoms with van der Waals surface area (Å²) in [5.41, 5.74) is 0.625. The van der Waals surface area contributed by atoms with Crippen molar-refractivity contribution in [3.05, 3.63) is 29.8 Å². The first-order valence-electron chi connectivity index (χ1n) is 6.27. The molecule has 4 nitrogen and oxygen atoms in total. The van der Waals surface area contributed by atoms with Crippen molar-refractivity contribution in [3.8, 4) is 5.75 Å². The van der Waals surface area contributed by atoms with Gasteiger partial charge in [0, 0.05) is 25.2 Å². The molecule has 0 saturated carbocycles. The summed E-state index contributed by atoms with van der Waals surface area (Å²) in [6.07, 6.45) is 0.942. The Balaban J connectivity index is 2.72. The first-order valence-corrected chi connectivity index (χ1v) is 6.27. The lowest BCUT2D eigenvalue weighted by Crippen LogP contribution is -2.37. The van der Waals surface area contributed by atoms with Gasteiger partial charge in [-0.05, 0) is 44.8 Å². The van der Waals surface area contributed by atoms with Gasteiger partial charge in [0.25, 0.3) is 5.91 Å². The van der Waals surface area contributed by atoms with Crippen LogP contribution in [0.5, 0.6) is 5.75 Å². The van der Waals surface area contributed by atoms with Gasteiger partial charge in [0.05, 0.1) is 0 Å². The lowest BCUT2D eigenvalue weighted by Gasteiger charge is -2.24. The summed E-state index contributed by atoms with van der Waals surface area (Å²) >= 11 is 0. The van der Waals surface area contributed by atoms with Gasteiger partial charge in [-0.15, -0.1) is 0 Å². The van der Waals surface area contributed by atoms with Crippen LogP contribution < -0.4 is 0 Å². The number of hydrogen-bond acceptors (Lipinski definition) is 3. The van der Waals surface area contributed by atoms with Crippen molar-refractivity contribution in [2.24, 2.45) is 0 Å². The van der Waals surface area contributed by atoms with Crippen molar-refractivity contribution >= 4 is 5.91 Å². The smallest absolute Gasteiger partial charge is 0.253 e. The summed E-state index contributed by atoms with van der Waals surface area (Å²) in [7, 11) is 3.99. The second-order valence-electron chi connectivity index (χ2n) is 4.64. The molecule has 100 valence electrons. The third-order valence-electron chi connectivity index (χ3n) is 2.71. The number of amides is 1. The Bertz CT molecular complexity index is 374. The Morgan fingerprint density at radius 1 is 1.11 bits per heavy atom. The van der Waals surface area contributed by atoms with Crippen molar-refractivity contribution in [2.45, 2.75) is 13.3 Å². The number of hydrogen-bond donors (Lipinski definition) is 1. The molecule has 0 aliphatic rings. The average Bonchev–Trinajstić information content (AvgIpc) is 2.34. The molecule has 1 rings (SSSR count). The molecule has 0 bridgehead atoms. The topological polar surface area (TPSA) is 43.8 Å². The van der Waals surface area contributed by atoms with Crippen LogP contribution in [0.2, 0.25) is 0 Å². The summed E-state index contributed by atoms with van der Waals surface area (Å²) in [6.45, 7) is 4.39. The van der Waals surface area contributed by atoms with Crippen LogP contribution in [0.3, 0.4) is 0 Å². The fourth-order valence-corrected chi connectivity index (χ4v) is 1.69. The maximum Gasteiger partial charge on any atom is 0.253 e. The molecule has 0 unspecified atom stereocenters. The largest absolute Gasteiger partial charge is 0.508 e. The molecule has 1 N–H and O–H groups in total. The fraction of sp³-hybridized carbons (Fsp3) is 0.500. The van der Waals surface area contributed by atoms with E-state index >= 15 is 0 Å². The van der Waals surface area contributed by atoms with E-state index in [1.807, 2.05) is 19.0 Å². The monoisotopic (exact) mass is 250 g/mol. The molecule has 0 fully saturated rings. The van der Waals surface area contributed by atoms with Gasteiger partial charge < -0.3 is 14.9 Å². The molecule has 0 aliphatic carbocycles. The standard InChI is InChI=1S/C14H22N2O2/c1-4-9-16(11-10-15(2)3)14(18)12-5-7-13(17)8-6-12/h5-8,17H,4,9-11H2,1-3H3. The maximum absolute atomic E-state index is 12.3. The van der Waals surface area contributed by atoms with Crippen molar-refractivity contribution in [1.29, 1.82) is 0 Å². The van der Waals surface area contributed by atoms with E-state index < -0.39 is 0 Å². The van der Waals surface area contributed by atoms with Crippen molar-refractivity contribution < 1.29 is 9.90 Å². The summed E-state index contributed by atoms with van der Waals surface area (Å²) in [4.78, 5) is 16.2. The van der Waals surface area contributed by atoms with Gasteiger partial charge in [-0.3, -0.25) is 4.79 Å². The predicted molar refractivity (Wildman–Crippen MR) is 72.9 cm³/mol. The van der Waals surface area contributed by atoms with Crippen LogP contribution in [0.4, 0.5) is 0 Å². The van der Waals surface area contributed by atoms with Crippen LogP contribution in [-0.2, 0) is 0 Å². The van der Waals surface area contributed by atoms with Crippen molar-refractivity contribution in [3.63, 3.8) is 0 Å². The van der Waals surface area contributed by atoms with Crippen LogP contribution in [0.1, 0.15) is 23.7 Å². The number of benzene rings is 1. The minimum Gasteiger partial charge on any atom is -0.508 e. The Morgan fingerprint density at radius 2 is 1.72 bits per heavy atom. The molecule has 4 heteroatoms. The average molecular weight is 250 g/mol. The van der Waals surface area contributed by atoms with Gasteiger partial charge in [0.2, 0.25) is 0 Å². The zero-order valence-corrected chi connectivity index (χ0v) is 11.4. The zero-order chi connectivity index (χ0) is 13.5. The molecule has 0 radical (unpaired) electrons. The Labute approximate surface area is 109 Å². The molecule has 0 heterocycles. The summed E-state index contributed by atoms with van der Waals surface area (Å²) in [5, 5.41) is 9.23. The molecule has 1 amide bonds. The molecule has 0 aliphatic heterocycles. The first-order chi connectivity index (χ1) is 8.54. The third kappa shape index (κ3) is 4.37. The number of nitrogens with zero attached hydrogens (tertiary/aromatic N) is 2. The van der Waals surface area contributed by atoms with E-state index in [0.717, 1.165) is 26.1 Å². The molecular formula is C14H22N2O2. The lowest BCUT2D eigenvalue weighted by atomic mass is 10.2. The van der Waals surface area contributed by atoms with Gasteiger partial charge in [-0.25, -0.2) is 0 Å². The van der Waals surface area contributed by atoms with Gasteiger partial charge in [-0.2, -0.15) is 0 Å². The van der Waals surface area contributed by atoms with Crippen molar-refractivity contribution in [1.82, 2.24) is 9.80 Å². The molecule has 18 heavy (non-hydrogen) atoms. The Kier molecular flexibility index (Phi) is 5.65. The van der Waals surface area contributed by atoms with Crippen LogP contribution in [0, 0.1) is 0 Å². The zero-order valence-electron chi connectivity index (χ0n) is 11.4. The minimum absolute atomic E-state index is 0.0266. The lowest BCUT2D eigenvalue weighted by molar-refractivity contribution is 0.0745. The van der Waals surface area contributed by atoms with E-state index in [1.165, 1.54) is 0 Å². The maximum atomic E-state index is 12.3. The van der Waals surface area contributed by atoms with Gasteiger partial charge in [0.15, 0.2) is 0 Å². The second-order valence-corrected chi connectivity index (χ2v) is 4.64. The molecule has 0 saturated heterocycles. The van der Waals surface area contributed by atoms with E-state index in [2.05, 4.69) is 11.8 Å². The second kappa shape index (κ2) is 7.01.